The van der Waals surface area contributed by atoms with E-state index in [2.05, 4.69) is 14.7 Å². The number of nitrogens with zero attached hydrogens (tertiary/aromatic N) is 2. The van der Waals surface area contributed by atoms with Gasteiger partial charge in [-0.25, -0.2) is 13.1 Å². The summed E-state index contributed by atoms with van der Waals surface area (Å²) >= 11 is 0. The Morgan fingerprint density at radius 3 is 2.46 bits per heavy atom. The predicted molar refractivity (Wildman–Crippen MR) is 103 cm³/mol. The second kappa shape index (κ2) is 8.03. The van der Waals surface area contributed by atoms with Crippen LogP contribution in [0.25, 0.3) is 17.3 Å². The molecule has 3 rings (SSSR count). The Morgan fingerprint density at radius 2 is 1.73 bits per heavy atom. The predicted octanol–water partition coefficient (Wildman–Crippen LogP) is 3.54. The second-order valence-corrected chi connectivity index (χ2v) is 7.48. The van der Waals surface area contributed by atoms with Crippen molar-refractivity contribution in [2.24, 2.45) is 0 Å². The van der Waals surface area contributed by atoms with Crippen molar-refractivity contribution in [1.82, 2.24) is 14.7 Å². The van der Waals surface area contributed by atoms with E-state index >= 15 is 0 Å². The number of hydrogen-bond donors (Lipinski definition) is 1. The van der Waals surface area contributed by atoms with Gasteiger partial charge in [0.1, 0.15) is 0 Å². The second-order valence-electron chi connectivity index (χ2n) is 5.83. The normalized spacial score (nSPS) is 11.7. The van der Waals surface area contributed by atoms with Crippen LogP contribution in [-0.2, 0) is 16.6 Å². The zero-order chi connectivity index (χ0) is 18.4. The van der Waals surface area contributed by atoms with Gasteiger partial charge >= 0.3 is 0 Å². The van der Waals surface area contributed by atoms with Gasteiger partial charge in [0, 0.05) is 36.1 Å². The largest absolute Gasteiger partial charge is 0.265 e. The van der Waals surface area contributed by atoms with E-state index in [0.29, 0.717) is 0 Å². The number of pyridine rings is 2. The van der Waals surface area contributed by atoms with Crippen molar-refractivity contribution in [2.75, 3.05) is 0 Å². The monoisotopic (exact) mass is 365 g/mol. The minimum atomic E-state index is -3.56. The number of hydrogen-bond acceptors (Lipinski definition) is 4. The lowest BCUT2D eigenvalue weighted by Crippen LogP contribution is -2.21. The van der Waals surface area contributed by atoms with Gasteiger partial charge in [-0.1, -0.05) is 35.9 Å². The summed E-state index contributed by atoms with van der Waals surface area (Å²) in [4.78, 5) is 8.37. The minimum absolute atomic E-state index is 0.159. The van der Waals surface area contributed by atoms with Crippen LogP contribution in [0.15, 0.2) is 72.5 Å². The smallest absolute Gasteiger partial charge is 0.234 e. The van der Waals surface area contributed by atoms with Crippen LogP contribution in [0.2, 0.25) is 0 Å². The fourth-order valence-corrected chi connectivity index (χ4v) is 3.21. The quantitative estimate of drug-likeness (QED) is 0.725. The Kier molecular flexibility index (Phi) is 5.55. The highest BCUT2D eigenvalue weighted by Gasteiger charge is 2.10. The van der Waals surface area contributed by atoms with Crippen LogP contribution in [0.1, 0.15) is 16.7 Å². The van der Waals surface area contributed by atoms with Gasteiger partial charge in [-0.15, -0.1) is 0 Å². The molecule has 0 spiro atoms. The standard InChI is InChI=1S/C20H19N3O2S/c1-16-4-6-17(7-5-16)10-14-26(24,25)23-15-19-3-2-11-22-20(19)18-8-12-21-13-9-18/h2-14,23H,15H2,1H3/b14-10+. The Labute approximate surface area is 153 Å². The molecule has 0 amide bonds. The molecule has 3 aromatic rings. The first kappa shape index (κ1) is 18.0. The highest BCUT2D eigenvalue weighted by Crippen LogP contribution is 2.20. The third-order valence-corrected chi connectivity index (χ3v) is 4.87. The summed E-state index contributed by atoms with van der Waals surface area (Å²) in [5, 5.41) is 1.18. The number of rotatable bonds is 6. The summed E-state index contributed by atoms with van der Waals surface area (Å²) in [6, 6.07) is 15.0. The molecule has 5 nitrogen and oxygen atoms in total. The lowest BCUT2D eigenvalue weighted by molar-refractivity contribution is 0.591. The zero-order valence-electron chi connectivity index (χ0n) is 14.3. The topological polar surface area (TPSA) is 72.0 Å². The van der Waals surface area contributed by atoms with E-state index in [9.17, 15) is 8.42 Å². The Bertz CT molecular complexity index is 999. The van der Waals surface area contributed by atoms with Crippen LogP contribution < -0.4 is 4.72 Å². The van der Waals surface area contributed by atoms with Crippen LogP contribution in [0.4, 0.5) is 0 Å². The first-order valence-corrected chi connectivity index (χ1v) is 9.67. The number of sulfonamides is 1. The summed E-state index contributed by atoms with van der Waals surface area (Å²) in [7, 11) is -3.56. The van der Waals surface area contributed by atoms with E-state index in [-0.39, 0.29) is 6.54 Å². The molecule has 0 unspecified atom stereocenters. The van der Waals surface area contributed by atoms with Crippen molar-refractivity contribution in [3.8, 4) is 11.3 Å². The van der Waals surface area contributed by atoms with Crippen molar-refractivity contribution in [3.05, 3.63) is 89.2 Å². The van der Waals surface area contributed by atoms with Crippen molar-refractivity contribution in [1.29, 1.82) is 0 Å². The Balaban J connectivity index is 1.73. The van der Waals surface area contributed by atoms with Gasteiger partial charge in [-0.2, -0.15) is 0 Å². The molecule has 0 saturated carbocycles. The molecule has 2 heterocycles. The van der Waals surface area contributed by atoms with Gasteiger partial charge in [0.05, 0.1) is 5.69 Å². The molecule has 0 radical (unpaired) electrons. The van der Waals surface area contributed by atoms with E-state index in [4.69, 9.17) is 0 Å². The summed E-state index contributed by atoms with van der Waals surface area (Å²) in [5.74, 6) is 0. The summed E-state index contributed by atoms with van der Waals surface area (Å²) < 4.78 is 27.1. The van der Waals surface area contributed by atoms with Gasteiger partial charge in [0.25, 0.3) is 0 Å². The molecule has 0 aliphatic rings. The van der Waals surface area contributed by atoms with E-state index in [0.717, 1.165) is 27.9 Å². The average Bonchev–Trinajstić information content (AvgIpc) is 2.67. The molecule has 6 heteroatoms. The molecule has 1 N–H and O–H groups in total. The van der Waals surface area contributed by atoms with Gasteiger partial charge < -0.3 is 0 Å². The molecular weight excluding hydrogens is 346 g/mol. The first-order valence-electron chi connectivity index (χ1n) is 8.12. The molecule has 1 aromatic carbocycles. The van der Waals surface area contributed by atoms with Crippen LogP contribution in [-0.4, -0.2) is 18.4 Å². The third-order valence-electron chi connectivity index (χ3n) is 3.83. The average molecular weight is 365 g/mol. The van der Waals surface area contributed by atoms with Gasteiger partial charge in [0.2, 0.25) is 10.0 Å². The highest BCUT2D eigenvalue weighted by atomic mass is 32.2. The number of aromatic nitrogens is 2. The number of aryl methyl sites for hydroxylation is 1. The fraction of sp³-hybridized carbons (Fsp3) is 0.100. The van der Waals surface area contributed by atoms with Crippen molar-refractivity contribution in [2.45, 2.75) is 13.5 Å². The van der Waals surface area contributed by atoms with Crippen LogP contribution in [0.3, 0.4) is 0 Å². The maximum atomic E-state index is 12.3. The molecule has 0 aliphatic heterocycles. The third kappa shape index (κ3) is 4.84. The Hall–Kier alpha value is -2.83. The van der Waals surface area contributed by atoms with Crippen LogP contribution in [0.5, 0.6) is 0 Å². The fourth-order valence-electron chi connectivity index (χ4n) is 2.42. The molecule has 0 fully saturated rings. The Morgan fingerprint density at radius 1 is 1.00 bits per heavy atom. The van der Waals surface area contributed by atoms with E-state index < -0.39 is 10.0 Å². The molecular formula is C20H19N3O2S. The van der Waals surface area contributed by atoms with Gasteiger partial charge in [-0.05, 0) is 42.3 Å². The summed E-state index contributed by atoms with van der Waals surface area (Å²) in [6.45, 7) is 2.14. The lowest BCUT2D eigenvalue weighted by atomic mass is 10.1. The lowest BCUT2D eigenvalue weighted by Gasteiger charge is -2.09. The van der Waals surface area contributed by atoms with Crippen LogP contribution >= 0.6 is 0 Å². The first-order chi connectivity index (χ1) is 12.5. The number of benzene rings is 1. The highest BCUT2D eigenvalue weighted by molar-refractivity contribution is 7.92. The maximum Gasteiger partial charge on any atom is 0.234 e. The van der Waals surface area contributed by atoms with E-state index in [1.807, 2.05) is 49.4 Å². The molecule has 26 heavy (non-hydrogen) atoms. The summed E-state index contributed by atoms with van der Waals surface area (Å²) in [6.07, 6.45) is 6.63. The van der Waals surface area contributed by atoms with Crippen LogP contribution in [0, 0.1) is 6.92 Å². The van der Waals surface area contributed by atoms with E-state index in [1.165, 1.54) is 5.41 Å². The van der Waals surface area contributed by atoms with Crippen molar-refractivity contribution in [3.63, 3.8) is 0 Å². The van der Waals surface area contributed by atoms with Crippen molar-refractivity contribution < 1.29 is 8.42 Å². The molecule has 0 bridgehead atoms. The molecule has 132 valence electrons. The molecule has 0 aliphatic carbocycles. The minimum Gasteiger partial charge on any atom is -0.265 e. The van der Waals surface area contributed by atoms with E-state index in [1.54, 1.807) is 30.7 Å². The maximum absolute atomic E-state index is 12.3. The SMILES string of the molecule is Cc1ccc(/C=C/S(=O)(=O)NCc2cccnc2-c2ccncc2)cc1. The zero-order valence-corrected chi connectivity index (χ0v) is 15.1. The van der Waals surface area contributed by atoms with Gasteiger partial charge in [-0.3, -0.25) is 9.97 Å². The number of nitrogens with one attached hydrogen (secondary N) is 1. The summed E-state index contributed by atoms with van der Waals surface area (Å²) in [5.41, 5.74) is 4.39. The molecule has 0 saturated heterocycles. The molecule has 2 aromatic heterocycles. The molecule has 0 atom stereocenters. The van der Waals surface area contributed by atoms with Gasteiger partial charge in [0.15, 0.2) is 0 Å². The van der Waals surface area contributed by atoms with Crippen molar-refractivity contribution >= 4 is 16.1 Å².